The second-order valence-corrected chi connectivity index (χ2v) is 5.68. The van der Waals surface area contributed by atoms with Crippen LogP contribution in [0.5, 0.6) is 0 Å². The van der Waals surface area contributed by atoms with Gasteiger partial charge in [-0.15, -0.1) is 6.58 Å². The predicted octanol–water partition coefficient (Wildman–Crippen LogP) is 0.530. The number of methoxy groups -OCH3 is 1. The first kappa shape index (κ1) is 13.2. The van der Waals surface area contributed by atoms with E-state index in [1.165, 1.54) is 17.5 Å². The molecule has 0 aromatic heterocycles. The third kappa shape index (κ3) is 2.82. The van der Waals surface area contributed by atoms with Crippen LogP contribution in [0.15, 0.2) is 12.7 Å². The third-order valence-corrected chi connectivity index (χ3v) is 4.42. The van der Waals surface area contributed by atoms with Crippen LogP contribution in [0.1, 0.15) is 19.3 Å². The lowest BCUT2D eigenvalue weighted by Crippen LogP contribution is -2.48. The molecule has 1 aliphatic heterocycles. The minimum atomic E-state index is -3.42. The zero-order chi connectivity index (χ0) is 12.2. The Bertz CT molecular complexity index is 363. The maximum Gasteiger partial charge on any atom is 0.324 e. The van der Waals surface area contributed by atoms with Crippen molar-refractivity contribution >= 4 is 16.0 Å². The van der Waals surface area contributed by atoms with E-state index in [4.69, 9.17) is 0 Å². The van der Waals surface area contributed by atoms with Gasteiger partial charge in [-0.1, -0.05) is 6.08 Å². The van der Waals surface area contributed by atoms with Gasteiger partial charge in [0.2, 0.25) is 10.0 Å². The summed E-state index contributed by atoms with van der Waals surface area (Å²) < 4.78 is 29.6. The van der Waals surface area contributed by atoms with E-state index in [0.717, 1.165) is 12.8 Å². The van der Waals surface area contributed by atoms with E-state index in [0.29, 0.717) is 13.0 Å². The summed E-state index contributed by atoms with van der Waals surface area (Å²) in [6.07, 6.45) is 3.49. The first-order valence-corrected chi connectivity index (χ1v) is 6.82. The van der Waals surface area contributed by atoms with Crippen molar-refractivity contribution in [1.29, 1.82) is 0 Å². The maximum absolute atomic E-state index is 11.9. The summed E-state index contributed by atoms with van der Waals surface area (Å²) in [5.74, 6) is -0.618. The average molecular weight is 247 g/mol. The SMILES string of the molecule is C=CCS(=O)(=O)N1CCCCC1C(=O)OC. The Morgan fingerprint density at radius 1 is 1.56 bits per heavy atom. The van der Waals surface area contributed by atoms with Gasteiger partial charge in [0.25, 0.3) is 0 Å². The van der Waals surface area contributed by atoms with Gasteiger partial charge in [-0.25, -0.2) is 8.42 Å². The molecule has 0 radical (unpaired) electrons. The second-order valence-electron chi connectivity index (χ2n) is 3.71. The van der Waals surface area contributed by atoms with Crippen LogP contribution in [0.3, 0.4) is 0 Å². The maximum atomic E-state index is 11.9. The van der Waals surface area contributed by atoms with Gasteiger partial charge < -0.3 is 4.74 Å². The van der Waals surface area contributed by atoms with Gasteiger partial charge in [0.1, 0.15) is 6.04 Å². The van der Waals surface area contributed by atoms with E-state index in [-0.39, 0.29) is 5.75 Å². The number of hydrogen-bond donors (Lipinski definition) is 0. The van der Waals surface area contributed by atoms with E-state index in [1.807, 2.05) is 0 Å². The molecular formula is C10H17NO4S. The number of sulfonamides is 1. The second kappa shape index (κ2) is 5.45. The smallest absolute Gasteiger partial charge is 0.324 e. The average Bonchev–Trinajstić information content (AvgIpc) is 2.28. The van der Waals surface area contributed by atoms with Crippen LogP contribution in [0.2, 0.25) is 0 Å². The number of nitrogens with zero attached hydrogens (tertiary/aromatic N) is 1. The number of esters is 1. The number of piperidine rings is 1. The Labute approximate surface area is 96.1 Å². The van der Waals surface area contributed by atoms with Gasteiger partial charge in [0.15, 0.2) is 0 Å². The molecule has 0 bridgehead atoms. The molecule has 0 amide bonds. The lowest BCUT2D eigenvalue weighted by atomic mass is 10.1. The fraction of sp³-hybridized carbons (Fsp3) is 0.700. The predicted molar refractivity (Wildman–Crippen MR) is 60.3 cm³/mol. The molecule has 1 fully saturated rings. The first-order chi connectivity index (χ1) is 7.53. The molecule has 5 nitrogen and oxygen atoms in total. The number of hydrogen-bond acceptors (Lipinski definition) is 4. The van der Waals surface area contributed by atoms with Gasteiger partial charge in [-0.05, 0) is 19.3 Å². The molecule has 0 aromatic rings. The van der Waals surface area contributed by atoms with Gasteiger partial charge in [-0.3, -0.25) is 4.79 Å². The molecule has 1 unspecified atom stereocenters. The molecule has 1 rings (SSSR count). The Morgan fingerprint density at radius 2 is 2.25 bits per heavy atom. The van der Waals surface area contributed by atoms with E-state index >= 15 is 0 Å². The fourth-order valence-corrected chi connectivity index (χ4v) is 3.33. The Hall–Kier alpha value is -0.880. The molecule has 1 atom stereocenters. The Kier molecular flexibility index (Phi) is 4.49. The standard InChI is InChI=1S/C10H17NO4S/c1-3-8-16(13,14)11-7-5-4-6-9(11)10(12)15-2/h3,9H,1,4-8H2,2H3. The van der Waals surface area contributed by atoms with Gasteiger partial charge >= 0.3 is 5.97 Å². The summed E-state index contributed by atoms with van der Waals surface area (Å²) in [5, 5.41) is 0. The zero-order valence-corrected chi connectivity index (χ0v) is 10.2. The molecule has 1 heterocycles. The molecule has 0 aliphatic carbocycles. The Morgan fingerprint density at radius 3 is 2.81 bits per heavy atom. The fourth-order valence-electron chi connectivity index (χ4n) is 1.85. The van der Waals surface area contributed by atoms with Crippen molar-refractivity contribution in [2.45, 2.75) is 25.3 Å². The van der Waals surface area contributed by atoms with Gasteiger partial charge in [-0.2, -0.15) is 4.31 Å². The number of carbonyl (C=O) groups is 1. The molecular weight excluding hydrogens is 230 g/mol. The molecule has 16 heavy (non-hydrogen) atoms. The minimum absolute atomic E-state index is 0.138. The molecule has 6 heteroatoms. The molecule has 0 aromatic carbocycles. The largest absolute Gasteiger partial charge is 0.468 e. The van der Waals surface area contributed by atoms with Gasteiger partial charge in [0.05, 0.1) is 12.9 Å². The highest BCUT2D eigenvalue weighted by Gasteiger charge is 2.36. The minimum Gasteiger partial charge on any atom is -0.468 e. The van der Waals surface area contributed by atoms with Crippen LogP contribution in [-0.4, -0.2) is 44.1 Å². The normalized spacial score (nSPS) is 22.7. The van der Waals surface area contributed by atoms with Crippen molar-refractivity contribution in [2.75, 3.05) is 19.4 Å². The lowest BCUT2D eigenvalue weighted by Gasteiger charge is -2.32. The summed E-state index contributed by atoms with van der Waals surface area (Å²) in [6, 6.07) is -0.663. The van der Waals surface area contributed by atoms with E-state index < -0.39 is 22.0 Å². The van der Waals surface area contributed by atoms with Crippen LogP contribution in [0, 0.1) is 0 Å². The van der Waals surface area contributed by atoms with Crippen LogP contribution in [-0.2, 0) is 19.6 Å². The van der Waals surface area contributed by atoms with E-state index in [2.05, 4.69) is 11.3 Å². The molecule has 0 N–H and O–H groups in total. The summed E-state index contributed by atoms with van der Waals surface area (Å²) >= 11 is 0. The molecule has 1 aliphatic rings. The summed E-state index contributed by atoms with van der Waals surface area (Å²) in [7, 11) is -2.15. The van der Waals surface area contributed by atoms with Crippen LogP contribution < -0.4 is 0 Å². The Balaban J connectivity index is 2.90. The zero-order valence-electron chi connectivity index (χ0n) is 9.39. The van der Waals surface area contributed by atoms with E-state index in [1.54, 1.807) is 0 Å². The third-order valence-electron chi connectivity index (χ3n) is 2.61. The highest BCUT2D eigenvalue weighted by molar-refractivity contribution is 7.89. The van der Waals surface area contributed by atoms with Crippen molar-refractivity contribution in [3.63, 3.8) is 0 Å². The summed E-state index contributed by atoms with van der Waals surface area (Å²) in [4.78, 5) is 11.5. The first-order valence-electron chi connectivity index (χ1n) is 5.21. The van der Waals surface area contributed by atoms with Crippen LogP contribution in [0.4, 0.5) is 0 Å². The summed E-state index contributed by atoms with van der Waals surface area (Å²) in [5.41, 5.74) is 0. The quantitative estimate of drug-likeness (QED) is 0.537. The molecule has 0 saturated carbocycles. The molecule has 0 spiro atoms. The van der Waals surface area contributed by atoms with Crippen molar-refractivity contribution in [3.8, 4) is 0 Å². The number of ether oxygens (including phenoxy) is 1. The monoisotopic (exact) mass is 247 g/mol. The topological polar surface area (TPSA) is 63.7 Å². The highest BCUT2D eigenvalue weighted by Crippen LogP contribution is 2.21. The number of carbonyl (C=O) groups excluding carboxylic acids is 1. The highest BCUT2D eigenvalue weighted by atomic mass is 32.2. The van der Waals surface area contributed by atoms with Crippen LogP contribution >= 0.6 is 0 Å². The van der Waals surface area contributed by atoms with Crippen molar-refractivity contribution < 1.29 is 17.9 Å². The van der Waals surface area contributed by atoms with Crippen LogP contribution in [0.25, 0.3) is 0 Å². The van der Waals surface area contributed by atoms with Crippen molar-refractivity contribution in [2.24, 2.45) is 0 Å². The lowest BCUT2D eigenvalue weighted by molar-refractivity contribution is -0.146. The molecule has 1 saturated heterocycles. The molecule has 92 valence electrons. The van der Waals surface area contributed by atoms with Crippen molar-refractivity contribution in [3.05, 3.63) is 12.7 Å². The van der Waals surface area contributed by atoms with Gasteiger partial charge in [0, 0.05) is 6.54 Å². The van der Waals surface area contributed by atoms with E-state index in [9.17, 15) is 13.2 Å². The van der Waals surface area contributed by atoms with Crippen molar-refractivity contribution in [1.82, 2.24) is 4.31 Å². The summed E-state index contributed by atoms with van der Waals surface area (Å²) in [6.45, 7) is 3.79. The number of rotatable bonds is 4.